The van der Waals surface area contributed by atoms with Gasteiger partial charge in [-0.05, 0) is 42.5 Å². The second-order valence-corrected chi connectivity index (χ2v) is 7.16. The minimum Gasteiger partial charge on any atom is -0.492 e. The number of rotatable bonds is 7. The van der Waals surface area contributed by atoms with Crippen molar-refractivity contribution in [2.24, 2.45) is 0 Å². The van der Waals surface area contributed by atoms with E-state index in [1.165, 1.54) is 6.33 Å². The number of fused-ring (bicyclic) bond motifs is 1. The van der Waals surface area contributed by atoms with E-state index in [1.54, 1.807) is 6.07 Å². The summed E-state index contributed by atoms with van der Waals surface area (Å²) in [6, 6.07) is 22.8. The van der Waals surface area contributed by atoms with E-state index < -0.39 is 0 Å². The van der Waals surface area contributed by atoms with Crippen LogP contribution in [0.4, 0.5) is 0 Å². The van der Waals surface area contributed by atoms with E-state index >= 15 is 0 Å². The molecule has 0 unspecified atom stereocenters. The molecule has 5 aromatic rings. The number of benzene rings is 3. The van der Waals surface area contributed by atoms with Gasteiger partial charge in [0.05, 0.1) is 17.8 Å². The van der Waals surface area contributed by atoms with Gasteiger partial charge in [0.1, 0.15) is 18.7 Å². The van der Waals surface area contributed by atoms with E-state index in [0.717, 1.165) is 33.5 Å². The number of nitrogens with one attached hydrogen (secondary N) is 3. The van der Waals surface area contributed by atoms with Crippen molar-refractivity contribution >= 4 is 16.8 Å². The zero-order valence-electron chi connectivity index (χ0n) is 17.1. The van der Waals surface area contributed by atoms with Crippen LogP contribution in [0.25, 0.3) is 33.5 Å². The van der Waals surface area contributed by atoms with E-state index in [4.69, 9.17) is 4.74 Å². The molecule has 0 aliphatic heterocycles. The highest BCUT2D eigenvalue weighted by Gasteiger charge is 2.13. The first-order valence-corrected chi connectivity index (χ1v) is 10.2. The average Bonchev–Trinajstić information content (AvgIpc) is 3.52. The van der Waals surface area contributed by atoms with Gasteiger partial charge in [-0.2, -0.15) is 10.2 Å². The number of aromatic nitrogens is 5. The number of nitrogens with zero attached hydrogens (tertiary/aromatic N) is 3. The Labute approximate surface area is 183 Å². The highest BCUT2D eigenvalue weighted by Crippen LogP contribution is 2.29. The third-order valence-electron chi connectivity index (χ3n) is 5.05. The molecule has 32 heavy (non-hydrogen) atoms. The topological polar surface area (TPSA) is 109 Å². The van der Waals surface area contributed by atoms with Gasteiger partial charge in [0.25, 0.3) is 5.91 Å². The van der Waals surface area contributed by atoms with Crippen molar-refractivity contribution in [2.45, 2.75) is 0 Å². The van der Waals surface area contributed by atoms with Gasteiger partial charge >= 0.3 is 0 Å². The number of carbonyl (C=O) groups excluding carboxylic acids is 1. The first-order chi connectivity index (χ1) is 15.8. The minimum absolute atomic E-state index is 0.161. The molecule has 0 saturated carbocycles. The number of hydrogen-bond donors (Lipinski definition) is 3. The number of amides is 1. The summed E-state index contributed by atoms with van der Waals surface area (Å²) < 4.78 is 5.62. The molecule has 1 amide bonds. The molecule has 2 heterocycles. The molecule has 2 aromatic heterocycles. The Balaban J connectivity index is 1.32. The Bertz CT molecular complexity index is 1350. The third kappa shape index (κ3) is 4.06. The number of para-hydroxylation sites is 1. The zero-order chi connectivity index (χ0) is 21.8. The Morgan fingerprint density at radius 1 is 0.938 bits per heavy atom. The summed E-state index contributed by atoms with van der Waals surface area (Å²) in [6.07, 6.45) is 1.47. The predicted octanol–water partition coefficient (Wildman–Crippen LogP) is 3.82. The predicted molar refractivity (Wildman–Crippen MR) is 121 cm³/mol. The van der Waals surface area contributed by atoms with Crippen LogP contribution in [0.5, 0.6) is 5.75 Å². The molecule has 0 fully saturated rings. The highest BCUT2D eigenvalue weighted by molar-refractivity contribution is 5.98. The number of carbonyl (C=O) groups is 1. The normalized spacial score (nSPS) is 10.9. The summed E-state index contributed by atoms with van der Waals surface area (Å²) in [4.78, 5) is 16.8. The molecule has 5 rings (SSSR count). The van der Waals surface area contributed by atoms with Gasteiger partial charge in [0.15, 0.2) is 5.82 Å². The van der Waals surface area contributed by atoms with Crippen molar-refractivity contribution in [2.75, 3.05) is 13.2 Å². The van der Waals surface area contributed by atoms with Gasteiger partial charge < -0.3 is 10.1 Å². The molecule has 0 saturated heterocycles. The first kappa shape index (κ1) is 19.5. The summed E-state index contributed by atoms with van der Waals surface area (Å²) in [5, 5.41) is 18.1. The molecule has 0 spiro atoms. The molecule has 0 aliphatic carbocycles. The van der Waals surface area contributed by atoms with Crippen LogP contribution >= 0.6 is 0 Å². The molecule has 0 bridgehead atoms. The van der Waals surface area contributed by atoms with Crippen LogP contribution in [0.3, 0.4) is 0 Å². The molecule has 0 aliphatic rings. The second kappa shape index (κ2) is 8.73. The van der Waals surface area contributed by atoms with E-state index in [-0.39, 0.29) is 5.91 Å². The fourth-order valence-corrected chi connectivity index (χ4v) is 3.49. The summed E-state index contributed by atoms with van der Waals surface area (Å²) in [5.41, 5.74) is 3.98. The fourth-order valence-electron chi connectivity index (χ4n) is 3.49. The number of aromatic amines is 2. The van der Waals surface area contributed by atoms with E-state index in [1.807, 2.05) is 66.7 Å². The second-order valence-electron chi connectivity index (χ2n) is 7.16. The first-order valence-electron chi connectivity index (χ1n) is 10.2. The number of hydrogen-bond acceptors (Lipinski definition) is 5. The Morgan fingerprint density at radius 3 is 2.69 bits per heavy atom. The molecule has 8 heteroatoms. The van der Waals surface area contributed by atoms with Crippen molar-refractivity contribution in [3.05, 3.63) is 84.7 Å². The Hall–Kier alpha value is -4.46. The zero-order valence-corrected chi connectivity index (χ0v) is 17.1. The fraction of sp³-hybridized carbons (Fsp3) is 0.0833. The lowest BCUT2D eigenvalue weighted by molar-refractivity contribution is 0.0947. The van der Waals surface area contributed by atoms with E-state index in [0.29, 0.717) is 24.5 Å². The van der Waals surface area contributed by atoms with Gasteiger partial charge in [-0.1, -0.05) is 30.3 Å². The smallest absolute Gasteiger partial charge is 0.251 e. The molecular formula is C24H20N6O2. The monoisotopic (exact) mass is 424 g/mol. The maximum absolute atomic E-state index is 12.6. The summed E-state index contributed by atoms with van der Waals surface area (Å²) in [7, 11) is 0. The van der Waals surface area contributed by atoms with Crippen molar-refractivity contribution in [1.29, 1.82) is 0 Å². The third-order valence-corrected chi connectivity index (χ3v) is 5.05. The molecule has 8 nitrogen and oxygen atoms in total. The van der Waals surface area contributed by atoms with Crippen LogP contribution in [0, 0.1) is 0 Å². The lowest BCUT2D eigenvalue weighted by Gasteiger charge is -2.08. The average molecular weight is 424 g/mol. The van der Waals surface area contributed by atoms with Crippen molar-refractivity contribution < 1.29 is 9.53 Å². The maximum atomic E-state index is 12.6. The van der Waals surface area contributed by atoms with Gasteiger partial charge in [-0.25, -0.2) is 4.98 Å². The lowest BCUT2D eigenvalue weighted by Crippen LogP contribution is -2.28. The van der Waals surface area contributed by atoms with Gasteiger partial charge in [0.2, 0.25) is 0 Å². The standard InChI is InChI=1S/C24H20N6O2/c31-24(25-11-12-32-19-7-2-1-3-8-19)18-6-4-5-16(13-18)22-20-14-17(23-26-15-27-30-23)9-10-21(20)28-29-22/h1-10,13-15H,11-12H2,(H,25,31)(H,28,29)(H,26,27,30). The van der Waals surface area contributed by atoms with Crippen LogP contribution in [0.2, 0.25) is 0 Å². The van der Waals surface area contributed by atoms with Gasteiger partial charge in [0, 0.05) is 22.1 Å². The van der Waals surface area contributed by atoms with Crippen LogP contribution in [0.15, 0.2) is 79.1 Å². The van der Waals surface area contributed by atoms with E-state index in [2.05, 4.69) is 30.7 Å². The number of H-pyrrole nitrogens is 2. The SMILES string of the molecule is O=C(NCCOc1ccccc1)c1cccc(-c2n[nH]c3ccc(-c4ncn[nH]4)cc23)c1. The summed E-state index contributed by atoms with van der Waals surface area (Å²) in [5.74, 6) is 1.30. The molecule has 0 atom stereocenters. The Kier molecular flexibility index (Phi) is 5.32. The molecule has 3 N–H and O–H groups in total. The van der Waals surface area contributed by atoms with E-state index in [9.17, 15) is 4.79 Å². The van der Waals surface area contributed by atoms with Crippen LogP contribution in [-0.2, 0) is 0 Å². The minimum atomic E-state index is -0.161. The quantitative estimate of drug-likeness (QED) is 0.344. The van der Waals surface area contributed by atoms with Crippen LogP contribution < -0.4 is 10.1 Å². The highest BCUT2D eigenvalue weighted by atomic mass is 16.5. The van der Waals surface area contributed by atoms with Crippen LogP contribution in [-0.4, -0.2) is 44.4 Å². The molecule has 158 valence electrons. The Morgan fingerprint density at radius 2 is 1.84 bits per heavy atom. The maximum Gasteiger partial charge on any atom is 0.251 e. The largest absolute Gasteiger partial charge is 0.492 e. The van der Waals surface area contributed by atoms with Crippen LogP contribution in [0.1, 0.15) is 10.4 Å². The van der Waals surface area contributed by atoms with Crippen molar-refractivity contribution in [3.63, 3.8) is 0 Å². The van der Waals surface area contributed by atoms with Crippen molar-refractivity contribution in [3.8, 4) is 28.4 Å². The summed E-state index contributed by atoms with van der Waals surface area (Å²) >= 11 is 0. The van der Waals surface area contributed by atoms with Gasteiger partial charge in [-0.3, -0.25) is 15.0 Å². The lowest BCUT2D eigenvalue weighted by atomic mass is 10.0. The summed E-state index contributed by atoms with van der Waals surface area (Å²) in [6.45, 7) is 0.799. The van der Waals surface area contributed by atoms with Crippen molar-refractivity contribution in [1.82, 2.24) is 30.7 Å². The molecule has 3 aromatic carbocycles. The van der Waals surface area contributed by atoms with Gasteiger partial charge in [-0.15, -0.1) is 0 Å². The molecular weight excluding hydrogens is 404 g/mol. The molecule has 0 radical (unpaired) electrons. The number of ether oxygens (including phenoxy) is 1.